The van der Waals surface area contributed by atoms with Crippen LogP contribution in [0.5, 0.6) is 0 Å². The number of carboxylic acid groups (broad SMARTS) is 1. The summed E-state index contributed by atoms with van der Waals surface area (Å²) in [5.74, 6) is -0.0282. The molecule has 0 radical (unpaired) electrons. The minimum Gasteiger partial charge on any atom is -0.477 e. The molecule has 0 aromatic carbocycles. The summed E-state index contributed by atoms with van der Waals surface area (Å²) in [5.41, 5.74) is 0.806. The van der Waals surface area contributed by atoms with E-state index < -0.39 is 5.97 Å². The fraction of sp³-hybridized carbons (Fsp3) is 0.250. The lowest BCUT2D eigenvalue weighted by Crippen LogP contribution is -2.18. The molecule has 0 saturated heterocycles. The summed E-state index contributed by atoms with van der Waals surface area (Å²) in [6.45, 7) is 2.50. The lowest BCUT2D eigenvalue weighted by Gasteiger charge is -2.10. The topological polar surface area (TPSA) is 62.5 Å². The molecule has 0 spiro atoms. The summed E-state index contributed by atoms with van der Waals surface area (Å²) in [4.78, 5) is 11.3. The molecule has 0 amide bonds. The Balaban J connectivity index is 1.98. The van der Waals surface area contributed by atoms with Gasteiger partial charge in [-0.2, -0.15) is 0 Å². The van der Waals surface area contributed by atoms with Crippen LogP contribution in [0.3, 0.4) is 0 Å². The Hall–Kier alpha value is -1.59. The molecule has 0 aliphatic rings. The van der Waals surface area contributed by atoms with Gasteiger partial charge in [0.25, 0.3) is 0 Å². The molecule has 0 unspecified atom stereocenters. The third kappa shape index (κ3) is 2.75. The van der Waals surface area contributed by atoms with Crippen LogP contribution < -0.4 is 5.32 Å². The standard InChI is InChI=1S/C12H13NO3S/c1-8(10-3-2-5-16-10)13-7-9-4-6-17-11(9)12(14)15/h2-6,8,13H,7H2,1H3,(H,14,15)/t8-/m0/s1. The van der Waals surface area contributed by atoms with E-state index in [9.17, 15) is 4.79 Å². The minimum absolute atomic E-state index is 0.0616. The number of carbonyl (C=O) groups is 1. The van der Waals surface area contributed by atoms with Gasteiger partial charge in [-0.05, 0) is 36.1 Å². The second-order valence-corrected chi connectivity index (χ2v) is 4.61. The monoisotopic (exact) mass is 251 g/mol. The molecular weight excluding hydrogens is 238 g/mol. The summed E-state index contributed by atoms with van der Waals surface area (Å²) < 4.78 is 5.27. The summed E-state index contributed by atoms with van der Waals surface area (Å²) >= 11 is 1.24. The molecule has 17 heavy (non-hydrogen) atoms. The molecule has 0 bridgehead atoms. The number of thiophene rings is 1. The van der Waals surface area contributed by atoms with E-state index in [1.165, 1.54) is 11.3 Å². The van der Waals surface area contributed by atoms with Crippen molar-refractivity contribution < 1.29 is 14.3 Å². The molecule has 90 valence electrons. The lowest BCUT2D eigenvalue weighted by atomic mass is 10.2. The van der Waals surface area contributed by atoms with Crippen molar-refractivity contribution in [1.82, 2.24) is 5.32 Å². The predicted octanol–water partition coefficient (Wildman–Crippen LogP) is 2.89. The van der Waals surface area contributed by atoms with Gasteiger partial charge in [-0.3, -0.25) is 0 Å². The quantitative estimate of drug-likeness (QED) is 0.857. The number of aromatic carboxylic acids is 1. The van der Waals surface area contributed by atoms with Crippen LogP contribution in [-0.2, 0) is 6.54 Å². The van der Waals surface area contributed by atoms with Gasteiger partial charge in [-0.1, -0.05) is 0 Å². The molecule has 2 aromatic heterocycles. The Kier molecular flexibility index (Phi) is 3.61. The number of hydrogen-bond acceptors (Lipinski definition) is 4. The largest absolute Gasteiger partial charge is 0.477 e. The summed E-state index contributed by atoms with van der Waals surface area (Å²) in [6, 6.07) is 5.62. The van der Waals surface area contributed by atoms with Gasteiger partial charge in [-0.15, -0.1) is 11.3 Å². The highest BCUT2D eigenvalue weighted by Crippen LogP contribution is 2.18. The third-order valence-corrected chi connectivity index (χ3v) is 3.45. The maximum Gasteiger partial charge on any atom is 0.346 e. The van der Waals surface area contributed by atoms with Crippen molar-refractivity contribution in [3.8, 4) is 0 Å². The first kappa shape index (κ1) is 11.9. The van der Waals surface area contributed by atoms with E-state index in [1.54, 1.807) is 11.6 Å². The van der Waals surface area contributed by atoms with Crippen LogP contribution in [0.1, 0.15) is 34.0 Å². The van der Waals surface area contributed by atoms with Crippen molar-refractivity contribution >= 4 is 17.3 Å². The molecule has 0 aliphatic heterocycles. The van der Waals surface area contributed by atoms with E-state index in [-0.39, 0.29) is 6.04 Å². The van der Waals surface area contributed by atoms with Gasteiger partial charge in [0.05, 0.1) is 12.3 Å². The van der Waals surface area contributed by atoms with Crippen molar-refractivity contribution in [3.05, 3.63) is 46.0 Å². The molecule has 0 saturated carbocycles. The highest BCUT2D eigenvalue weighted by Gasteiger charge is 2.13. The zero-order valence-electron chi connectivity index (χ0n) is 9.34. The normalized spacial score (nSPS) is 12.5. The van der Waals surface area contributed by atoms with Gasteiger partial charge >= 0.3 is 5.97 Å². The fourth-order valence-electron chi connectivity index (χ4n) is 1.56. The van der Waals surface area contributed by atoms with E-state index in [0.717, 1.165) is 11.3 Å². The average Bonchev–Trinajstić information content (AvgIpc) is 2.96. The van der Waals surface area contributed by atoms with Crippen molar-refractivity contribution in [2.24, 2.45) is 0 Å². The summed E-state index contributed by atoms with van der Waals surface area (Å²) in [7, 11) is 0. The van der Waals surface area contributed by atoms with E-state index in [4.69, 9.17) is 9.52 Å². The zero-order chi connectivity index (χ0) is 12.3. The van der Waals surface area contributed by atoms with Crippen LogP contribution in [0.25, 0.3) is 0 Å². The zero-order valence-corrected chi connectivity index (χ0v) is 10.2. The van der Waals surface area contributed by atoms with E-state index >= 15 is 0 Å². The summed E-state index contributed by atoms with van der Waals surface area (Å²) in [6.07, 6.45) is 1.63. The van der Waals surface area contributed by atoms with Gasteiger partial charge < -0.3 is 14.8 Å². The summed E-state index contributed by atoms with van der Waals surface area (Å²) in [5, 5.41) is 14.0. The number of nitrogens with one attached hydrogen (secondary N) is 1. The maximum absolute atomic E-state index is 10.9. The van der Waals surface area contributed by atoms with Crippen molar-refractivity contribution in [2.75, 3.05) is 0 Å². The van der Waals surface area contributed by atoms with Gasteiger partial charge in [0, 0.05) is 6.54 Å². The Morgan fingerprint density at radius 1 is 1.59 bits per heavy atom. The molecule has 1 atom stereocenters. The number of hydrogen-bond donors (Lipinski definition) is 2. The molecule has 5 heteroatoms. The lowest BCUT2D eigenvalue weighted by molar-refractivity contribution is 0.0701. The number of carboxylic acids is 1. The first-order valence-corrected chi connectivity index (χ1v) is 6.13. The Bertz CT molecular complexity index is 490. The van der Waals surface area contributed by atoms with Crippen molar-refractivity contribution in [2.45, 2.75) is 19.5 Å². The van der Waals surface area contributed by atoms with Gasteiger partial charge in [0.1, 0.15) is 10.6 Å². The van der Waals surface area contributed by atoms with E-state index in [2.05, 4.69) is 5.32 Å². The molecule has 2 aromatic rings. The minimum atomic E-state index is -0.873. The second-order valence-electron chi connectivity index (χ2n) is 3.70. The van der Waals surface area contributed by atoms with Crippen molar-refractivity contribution in [3.63, 3.8) is 0 Å². The number of furan rings is 1. The molecule has 2 N–H and O–H groups in total. The van der Waals surface area contributed by atoms with Crippen LogP contribution in [0.2, 0.25) is 0 Å². The van der Waals surface area contributed by atoms with Crippen LogP contribution in [0.15, 0.2) is 34.3 Å². The third-order valence-electron chi connectivity index (χ3n) is 2.51. The van der Waals surface area contributed by atoms with Crippen LogP contribution in [0.4, 0.5) is 0 Å². The molecule has 0 aliphatic carbocycles. The highest BCUT2D eigenvalue weighted by molar-refractivity contribution is 7.12. The van der Waals surface area contributed by atoms with Gasteiger partial charge in [0.2, 0.25) is 0 Å². The maximum atomic E-state index is 10.9. The fourth-order valence-corrected chi connectivity index (χ4v) is 2.32. The van der Waals surface area contributed by atoms with E-state index in [0.29, 0.717) is 11.4 Å². The molecule has 2 heterocycles. The van der Waals surface area contributed by atoms with Gasteiger partial charge in [0.15, 0.2) is 0 Å². The number of rotatable bonds is 5. The molecule has 4 nitrogen and oxygen atoms in total. The Morgan fingerprint density at radius 2 is 2.41 bits per heavy atom. The molecular formula is C12H13NO3S. The van der Waals surface area contributed by atoms with E-state index in [1.807, 2.05) is 25.1 Å². The smallest absolute Gasteiger partial charge is 0.346 e. The van der Waals surface area contributed by atoms with Crippen LogP contribution >= 0.6 is 11.3 Å². The molecule has 2 rings (SSSR count). The first-order valence-electron chi connectivity index (χ1n) is 5.25. The SMILES string of the molecule is C[C@H](NCc1ccsc1C(=O)O)c1ccco1. The van der Waals surface area contributed by atoms with Crippen molar-refractivity contribution in [1.29, 1.82) is 0 Å². The molecule has 0 fully saturated rings. The van der Waals surface area contributed by atoms with Gasteiger partial charge in [-0.25, -0.2) is 4.79 Å². The highest BCUT2D eigenvalue weighted by atomic mass is 32.1. The Morgan fingerprint density at radius 3 is 3.06 bits per heavy atom. The van der Waals surface area contributed by atoms with Crippen LogP contribution in [0, 0.1) is 0 Å². The Labute approximate surface area is 103 Å². The predicted molar refractivity (Wildman–Crippen MR) is 65.2 cm³/mol. The average molecular weight is 251 g/mol. The second kappa shape index (κ2) is 5.16. The first-order chi connectivity index (χ1) is 8.18. The van der Waals surface area contributed by atoms with Crippen LogP contribution in [-0.4, -0.2) is 11.1 Å².